The van der Waals surface area contributed by atoms with E-state index in [1.165, 1.54) is 12.8 Å². The molecular formula is C13H24N4O. The standard InChI is InChI=1S/C13H24N4O/c1-5-11-8-7-9(3)17(11)13-16-15-12(18-13)10(4)14-6-2/h9-11,14H,5-8H2,1-4H3. The Bertz CT molecular complexity index is 379. The first-order chi connectivity index (χ1) is 8.67. The molecule has 2 rings (SSSR count). The molecule has 5 heteroatoms. The van der Waals surface area contributed by atoms with E-state index in [-0.39, 0.29) is 6.04 Å². The van der Waals surface area contributed by atoms with Crippen molar-refractivity contribution in [1.29, 1.82) is 0 Å². The summed E-state index contributed by atoms with van der Waals surface area (Å²) in [6.45, 7) is 9.47. The molecular weight excluding hydrogens is 228 g/mol. The Morgan fingerprint density at radius 2 is 2.17 bits per heavy atom. The minimum absolute atomic E-state index is 0.120. The lowest BCUT2D eigenvalue weighted by atomic mass is 10.2. The van der Waals surface area contributed by atoms with E-state index in [9.17, 15) is 0 Å². The molecule has 3 unspecified atom stereocenters. The van der Waals surface area contributed by atoms with E-state index in [1.54, 1.807) is 0 Å². The van der Waals surface area contributed by atoms with Crippen LogP contribution in [-0.2, 0) is 0 Å². The Kier molecular flexibility index (Phi) is 4.22. The summed E-state index contributed by atoms with van der Waals surface area (Å²) >= 11 is 0. The van der Waals surface area contributed by atoms with Gasteiger partial charge < -0.3 is 14.6 Å². The Hall–Kier alpha value is -1.10. The number of hydrogen-bond donors (Lipinski definition) is 1. The van der Waals surface area contributed by atoms with Crippen molar-refractivity contribution in [1.82, 2.24) is 15.5 Å². The molecule has 1 aromatic heterocycles. The zero-order valence-corrected chi connectivity index (χ0v) is 11.8. The fourth-order valence-electron chi connectivity index (χ4n) is 2.72. The van der Waals surface area contributed by atoms with Crippen LogP contribution >= 0.6 is 0 Å². The molecule has 1 saturated heterocycles. The second kappa shape index (κ2) is 5.69. The summed E-state index contributed by atoms with van der Waals surface area (Å²) in [7, 11) is 0. The summed E-state index contributed by atoms with van der Waals surface area (Å²) in [6, 6.07) is 1.85. The summed E-state index contributed by atoms with van der Waals surface area (Å²) in [4.78, 5) is 2.29. The van der Waals surface area contributed by atoms with Crippen LogP contribution in [-0.4, -0.2) is 28.8 Å². The molecule has 18 heavy (non-hydrogen) atoms. The molecule has 0 saturated carbocycles. The molecule has 0 spiro atoms. The maximum atomic E-state index is 5.83. The van der Waals surface area contributed by atoms with Crippen molar-refractivity contribution in [3.63, 3.8) is 0 Å². The Morgan fingerprint density at radius 3 is 2.83 bits per heavy atom. The van der Waals surface area contributed by atoms with Crippen molar-refractivity contribution in [3.05, 3.63) is 5.89 Å². The molecule has 2 heterocycles. The fourth-order valence-corrected chi connectivity index (χ4v) is 2.72. The average Bonchev–Trinajstić information content (AvgIpc) is 2.95. The first-order valence-corrected chi connectivity index (χ1v) is 7.02. The van der Waals surface area contributed by atoms with E-state index >= 15 is 0 Å². The molecule has 0 radical (unpaired) electrons. The molecule has 3 atom stereocenters. The minimum Gasteiger partial charge on any atom is -0.406 e. The van der Waals surface area contributed by atoms with Crippen LogP contribution in [0, 0.1) is 0 Å². The fraction of sp³-hybridized carbons (Fsp3) is 0.846. The van der Waals surface area contributed by atoms with E-state index in [2.05, 4.69) is 41.2 Å². The Morgan fingerprint density at radius 1 is 1.39 bits per heavy atom. The van der Waals surface area contributed by atoms with Gasteiger partial charge in [-0.05, 0) is 39.7 Å². The molecule has 1 aliphatic heterocycles. The lowest BCUT2D eigenvalue weighted by Crippen LogP contribution is -2.34. The smallest absolute Gasteiger partial charge is 0.318 e. The zero-order chi connectivity index (χ0) is 13.1. The van der Waals surface area contributed by atoms with Gasteiger partial charge in [-0.2, -0.15) is 0 Å². The highest BCUT2D eigenvalue weighted by atomic mass is 16.4. The van der Waals surface area contributed by atoms with Gasteiger partial charge in [0, 0.05) is 12.1 Å². The molecule has 0 amide bonds. The van der Waals surface area contributed by atoms with Gasteiger partial charge in [-0.1, -0.05) is 18.9 Å². The first kappa shape index (κ1) is 13.3. The highest BCUT2D eigenvalue weighted by molar-refractivity contribution is 5.31. The molecule has 0 aliphatic carbocycles. The van der Waals surface area contributed by atoms with Gasteiger partial charge >= 0.3 is 6.01 Å². The number of aromatic nitrogens is 2. The average molecular weight is 252 g/mol. The van der Waals surface area contributed by atoms with Crippen LogP contribution in [0.1, 0.15) is 58.9 Å². The van der Waals surface area contributed by atoms with E-state index in [0.29, 0.717) is 24.0 Å². The van der Waals surface area contributed by atoms with Gasteiger partial charge in [0.05, 0.1) is 6.04 Å². The third kappa shape index (κ3) is 2.51. The molecule has 5 nitrogen and oxygen atoms in total. The van der Waals surface area contributed by atoms with Crippen LogP contribution in [0.4, 0.5) is 6.01 Å². The molecule has 102 valence electrons. The molecule has 1 aliphatic rings. The van der Waals surface area contributed by atoms with Crippen LogP contribution < -0.4 is 10.2 Å². The summed E-state index contributed by atoms with van der Waals surface area (Å²) in [5.74, 6) is 0.681. The van der Waals surface area contributed by atoms with Crippen molar-refractivity contribution in [2.75, 3.05) is 11.4 Å². The minimum atomic E-state index is 0.120. The lowest BCUT2D eigenvalue weighted by molar-refractivity contribution is 0.410. The van der Waals surface area contributed by atoms with Crippen molar-refractivity contribution in [2.24, 2.45) is 0 Å². The summed E-state index contributed by atoms with van der Waals surface area (Å²) in [5.41, 5.74) is 0. The summed E-state index contributed by atoms with van der Waals surface area (Å²) < 4.78 is 5.83. The van der Waals surface area contributed by atoms with Crippen molar-refractivity contribution in [2.45, 2.75) is 65.1 Å². The van der Waals surface area contributed by atoms with Crippen molar-refractivity contribution < 1.29 is 4.42 Å². The Balaban J connectivity index is 2.13. The number of nitrogens with zero attached hydrogens (tertiary/aromatic N) is 3. The van der Waals surface area contributed by atoms with Gasteiger partial charge in [-0.3, -0.25) is 0 Å². The second-order valence-electron chi connectivity index (χ2n) is 5.10. The van der Waals surface area contributed by atoms with E-state index in [1.807, 2.05) is 6.92 Å². The van der Waals surface area contributed by atoms with E-state index in [0.717, 1.165) is 13.0 Å². The molecule has 1 fully saturated rings. The van der Waals surface area contributed by atoms with Gasteiger partial charge in [0.25, 0.3) is 0 Å². The van der Waals surface area contributed by atoms with E-state index in [4.69, 9.17) is 4.42 Å². The lowest BCUT2D eigenvalue weighted by Gasteiger charge is -2.25. The number of nitrogens with one attached hydrogen (secondary N) is 1. The first-order valence-electron chi connectivity index (χ1n) is 7.02. The van der Waals surface area contributed by atoms with Crippen LogP contribution in [0.2, 0.25) is 0 Å². The van der Waals surface area contributed by atoms with Crippen LogP contribution in [0.5, 0.6) is 0 Å². The highest BCUT2D eigenvalue weighted by Crippen LogP contribution is 2.31. The topological polar surface area (TPSA) is 54.2 Å². The van der Waals surface area contributed by atoms with Crippen LogP contribution in [0.3, 0.4) is 0 Å². The highest BCUT2D eigenvalue weighted by Gasteiger charge is 2.33. The maximum absolute atomic E-state index is 5.83. The maximum Gasteiger partial charge on any atom is 0.318 e. The number of rotatable bonds is 5. The second-order valence-corrected chi connectivity index (χ2v) is 5.10. The van der Waals surface area contributed by atoms with Gasteiger partial charge in [-0.15, -0.1) is 5.10 Å². The van der Waals surface area contributed by atoms with Crippen LogP contribution in [0.15, 0.2) is 4.42 Å². The van der Waals surface area contributed by atoms with Gasteiger partial charge in [-0.25, -0.2) is 0 Å². The summed E-state index contributed by atoms with van der Waals surface area (Å²) in [5, 5.41) is 11.7. The number of anilines is 1. The largest absolute Gasteiger partial charge is 0.406 e. The normalized spacial score (nSPS) is 25.7. The van der Waals surface area contributed by atoms with Crippen molar-refractivity contribution in [3.8, 4) is 0 Å². The predicted octanol–water partition coefficient (Wildman–Crippen LogP) is 2.51. The number of hydrogen-bond acceptors (Lipinski definition) is 5. The monoisotopic (exact) mass is 252 g/mol. The molecule has 0 bridgehead atoms. The van der Waals surface area contributed by atoms with Crippen LogP contribution in [0.25, 0.3) is 0 Å². The Labute approximate surface area is 109 Å². The zero-order valence-electron chi connectivity index (χ0n) is 11.8. The van der Waals surface area contributed by atoms with Gasteiger partial charge in [0.1, 0.15) is 0 Å². The van der Waals surface area contributed by atoms with Gasteiger partial charge in [0.15, 0.2) is 0 Å². The molecule has 1 aromatic rings. The SMILES string of the molecule is CCNC(C)c1nnc(N2C(C)CCC2CC)o1. The van der Waals surface area contributed by atoms with E-state index < -0.39 is 0 Å². The van der Waals surface area contributed by atoms with Crippen molar-refractivity contribution >= 4 is 6.01 Å². The third-order valence-corrected chi connectivity index (χ3v) is 3.79. The third-order valence-electron chi connectivity index (χ3n) is 3.79. The van der Waals surface area contributed by atoms with Gasteiger partial charge in [0.2, 0.25) is 5.89 Å². The molecule has 1 N–H and O–H groups in total. The predicted molar refractivity (Wildman–Crippen MR) is 71.6 cm³/mol. The summed E-state index contributed by atoms with van der Waals surface area (Å²) in [6.07, 6.45) is 3.56. The molecule has 0 aromatic carbocycles. The quantitative estimate of drug-likeness (QED) is 0.872.